The number of amides is 1. The van der Waals surface area contributed by atoms with Gasteiger partial charge in [-0.05, 0) is 51.3 Å². The molecule has 0 spiro atoms. The monoisotopic (exact) mass is 448 g/mol. The number of hydrogen-bond donors (Lipinski definition) is 2. The Hall–Kier alpha value is -3.80. The van der Waals surface area contributed by atoms with Gasteiger partial charge in [-0.25, -0.2) is 14.6 Å². The number of carbonyl (C=O) groups is 1. The first-order valence-electron chi connectivity index (χ1n) is 11.0. The van der Waals surface area contributed by atoms with E-state index in [4.69, 9.17) is 4.74 Å². The number of piperidine rings is 1. The lowest BCUT2D eigenvalue weighted by molar-refractivity contribution is 0.0500. The lowest BCUT2D eigenvalue weighted by Crippen LogP contribution is -2.49. The maximum atomic E-state index is 12.8. The van der Waals surface area contributed by atoms with E-state index in [-0.39, 0.29) is 18.3 Å². The summed E-state index contributed by atoms with van der Waals surface area (Å²) in [6.45, 7) is 7.15. The zero-order chi connectivity index (χ0) is 23.6. The maximum absolute atomic E-state index is 12.8. The summed E-state index contributed by atoms with van der Waals surface area (Å²) < 4.78 is 7.03. The van der Waals surface area contributed by atoms with Gasteiger partial charge in [-0.2, -0.15) is 5.26 Å². The molecule has 1 amide bonds. The second kappa shape index (κ2) is 8.98. The van der Waals surface area contributed by atoms with E-state index in [1.165, 1.54) is 0 Å². The number of imidazole rings is 1. The molecular weight excluding hydrogens is 420 g/mol. The van der Waals surface area contributed by atoms with Crippen molar-refractivity contribution in [1.82, 2.24) is 19.9 Å². The Morgan fingerprint density at radius 3 is 2.88 bits per heavy atom. The third-order valence-electron chi connectivity index (χ3n) is 5.59. The summed E-state index contributed by atoms with van der Waals surface area (Å²) in [6, 6.07) is 11.3. The Kier molecular flexibility index (Phi) is 6.09. The molecule has 4 rings (SSSR count). The number of H-pyrrole nitrogens is 1. The molecule has 9 heteroatoms. The Morgan fingerprint density at radius 2 is 2.12 bits per heavy atom. The van der Waals surface area contributed by atoms with Crippen molar-refractivity contribution in [1.29, 1.82) is 5.26 Å². The van der Waals surface area contributed by atoms with Crippen molar-refractivity contribution in [2.24, 2.45) is 0 Å². The third kappa shape index (κ3) is 5.00. The minimum Gasteiger partial charge on any atom is -0.444 e. The molecular formula is C24H28N6O3. The highest BCUT2D eigenvalue weighted by atomic mass is 16.6. The summed E-state index contributed by atoms with van der Waals surface area (Å²) in [5.41, 5.74) is 2.50. The van der Waals surface area contributed by atoms with Gasteiger partial charge in [-0.1, -0.05) is 18.2 Å². The van der Waals surface area contributed by atoms with Crippen LogP contribution in [0.3, 0.4) is 0 Å². The molecule has 0 aliphatic carbocycles. The first kappa shape index (κ1) is 22.4. The van der Waals surface area contributed by atoms with Crippen molar-refractivity contribution in [2.45, 2.75) is 51.8 Å². The van der Waals surface area contributed by atoms with E-state index in [0.717, 1.165) is 30.6 Å². The van der Waals surface area contributed by atoms with E-state index in [1.807, 2.05) is 39.0 Å². The number of nitrogens with one attached hydrogen (secondary N) is 2. The second-order valence-electron chi connectivity index (χ2n) is 9.24. The molecule has 0 unspecified atom stereocenters. The number of nitriles is 1. The Labute approximate surface area is 192 Å². The van der Waals surface area contributed by atoms with Gasteiger partial charge in [-0.3, -0.25) is 9.55 Å². The molecule has 1 saturated heterocycles. The first-order chi connectivity index (χ1) is 15.7. The van der Waals surface area contributed by atoms with E-state index >= 15 is 0 Å². The average molecular weight is 449 g/mol. The minimum atomic E-state index is -0.559. The number of nitrogens with zero attached hydrogens (tertiary/aromatic N) is 4. The van der Waals surface area contributed by atoms with Crippen LogP contribution in [0.4, 0.5) is 10.5 Å². The molecule has 1 aromatic carbocycles. The van der Waals surface area contributed by atoms with Crippen LogP contribution in [0, 0.1) is 11.3 Å². The Balaban J connectivity index is 1.64. The fourth-order valence-corrected chi connectivity index (χ4v) is 4.20. The predicted molar refractivity (Wildman–Crippen MR) is 125 cm³/mol. The highest BCUT2D eigenvalue weighted by Crippen LogP contribution is 2.27. The van der Waals surface area contributed by atoms with Crippen molar-refractivity contribution in [3.05, 3.63) is 58.1 Å². The number of carbonyl (C=O) groups excluding carboxylic acids is 1. The van der Waals surface area contributed by atoms with Gasteiger partial charge in [0.25, 0.3) is 0 Å². The lowest BCUT2D eigenvalue weighted by Gasteiger charge is -2.35. The quantitative estimate of drug-likeness (QED) is 0.633. The number of hydrogen-bond acceptors (Lipinski definition) is 6. The smallest absolute Gasteiger partial charge is 0.407 e. The van der Waals surface area contributed by atoms with Crippen LogP contribution >= 0.6 is 0 Å². The summed E-state index contributed by atoms with van der Waals surface area (Å²) in [7, 11) is 0. The lowest BCUT2D eigenvalue weighted by atomic mass is 10.0. The standard InChI is InChI=1S/C24H28N6O3/c1-24(2,3)33-23(32)27-18-9-6-12-29(15-18)19-10-11-26-21-20(19)30(22(31)28-21)14-17-8-5-4-7-16(17)13-25/h4-5,7-8,10-11,18H,6,9,12,14-15H2,1-3H3,(H,27,32)(H,26,28,31)/t18-/m1/s1. The predicted octanol–water partition coefficient (Wildman–Crippen LogP) is 3.14. The molecule has 3 aromatic rings. The molecule has 2 aromatic heterocycles. The number of fused-ring (bicyclic) bond motifs is 1. The van der Waals surface area contributed by atoms with Crippen LogP contribution in [0.5, 0.6) is 0 Å². The average Bonchev–Trinajstić information content (AvgIpc) is 3.08. The third-order valence-corrected chi connectivity index (χ3v) is 5.59. The zero-order valence-corrected chi connectivity index (χ0v) is 19.1. The van der Waals surface area contributed by atoms with Gasteiger partial charge in [0.15, 0.2) is 5.65 Å². The first-order valence-corrected chi connectivity index (χ1v) is 11.0. The van der Waals surface area contributed by atoms with Crippen LogP contribution in [-0.4, -0.2) is 45.4 Å². The highest BCUT2D eigenvalue weighted by molar-refractivity contribution is 5.86. The van der Waals surface area contributed by atoms with Gasteiger partial charge in [0.05, 0.1) is 23.9 Å². The molecule has 2 N–H and O–H groups in total. The van der Waals surface area contributed by atoms with Crippen LogP contribution in [0.15, 0.2) is 41.3 Å². The number of aromatic nitrogens is 3. The molecule has 33 heavy (non-hydrogen) atoms. The van der Waals surface area contributed by atoms with Gasteiger partial charge in [-0.15, -0.1) is 0 Å². The van der Waals surface area contributed by atoms with Gasteiger partial charge < -0.3 is 15.0 Å². The molecule has 0 saturated carbocycles. The van der Waals surface area contributed by atoms with E-state index in [1.54, 1.807) is 22.9 Å². The molecule has 0 bridgehead atoms. The fourth-order valence-electron chi connectivity index (χ4n) is 4.20. The molecule has 3 heterocycles. The van der Waals surface area contributed by atoms with Crippen LogP contribution in [0.1, 0.15) is 44.7 Å². The van der Waals surface area contributed by atoms with Crippen molar-refractivity contribution in [2.75, 3.05) is 18.0 Å². The molecule has 1 atom stereocenters. The second-order valence-corrected chi connectivity index (χ2v) is 9.24. The van der Waals surface area contributed by atoms with Crippen LogP contribution < -0.4 is 15.9 Å². The summed E-state index contributed by atoms with van der Waals surface area (Å²) in [5.74, 6) is 0. The molecule has 172 valence electrons. The molecule has 1 aliphatic heterocycles. The number of alkyl carbamates (subject to hydrolysis) is 1. The minimum absolute atomic E-state index is 0.0738. The van der Waals surface area contributed by atoms with Crippen LogP contribution in [0.25, 0.3) is 11.2 Å². The van der Waals surface area contributed by atoms with Crippen molar-refractivity contribution in [3.8, 4) is 6.07 Å². The van der Waals surface area contributed by atoms with Crippen LogP contribution in [-0.2, 0) is 11.3 Å². The van der Waals surface area contributed by atoms with E-state index in [0.29, 0.717) is 23.3 Å². The number of ether oxygens (including phenoxy) is 1. The number of benzene rings is 1. The number of aromatic amines is 1. The SMILES string of the molecule is CC(C)(C)OC(=O)N[C@@H]1CCCN(c2ccnc3[nH]c(=O)n(Cc4ccccc4C#N)c23)C1. The number of rotatable bonds is 4. The number of pyridine rings is 1. The Morgan fingerprint density at radius 1 is 1.33 bits per heavy atom. The van der Waals surface area contributed by atoms with Gasteiger partial charge >= 0.3 is 11.8 Å². The van der Waals surface area contributed by atoms with Crippen molar-refractivity contribution >= 4 is 22.9 Å². The molecule has 0 radical (unpaired) electrons. The maximum Gasteiger partial charge on any atom is 0.407 e. The van der Waals surface area contributed by atoms with Gasteiger partial charge in [0.2, 0.25) is 0 Å². The van der Waals surface area contributed by atoms with Crippen LogP contribution in [0.2, 0.25) is 0 Å². The largest absolute Gasteiger partial charge is 0.444 e. The normalized spacial score (nSPS) is 16.4. The van der Waals surface area contributed by atoms with Crippen molar-refractivity contribution in [3.63, 3.8) is 0 Å². The van der Waals surface area contributed by atoms with Crippen molar-refractivity contribution < 1.29 is 9.53 Å². The van der Waals surface area contributed by atoms with E-state index in [2.05, 4.69) is 26.3 Å². The Bertz CT molecular complexity index is 1260. The van der Waals surface area contributed by atoms with E-state index < -0.39 is 11.7 Å². The molecule has 1 fully saturated rings. The topological polar surface area (TPSA) is 116 Å². The zero-order valence-electron chi connectivity index (χ0n) is 19.1. The summed E-state index contributed by atoms with van der Waals surface area (Å²) in [6.07, 6.45) is 2.97. The summed E-state index contributed by atoms with van der Waals surface area (Å²) in [4.78, 5) is 34.4. The summed E-state index contributed by atoms with van der Waals surface area (Å²) in [5, 5.41) is 12.4. The number of anilines is 1. The molecule has 1 aliphatic rings. The van der Waals surface area contributed by atoms with Gasteiger partial charge in [0, 0.05) is 25.3 Å². The highest BCUT2D eigenvalue weighted by Gasteiger charge is 2.26. The summed E-state index contributed by atoms with van der Waals surface area (Å²) >= 11 is 0. The van der Waals surface area contributed by atoms with E-state index in [9.17, 15) is 14.9 Å². The molecule has 9 nitrogen and oxygen atoms in total. The van der Waals surface area contributed by atoms with Gasteiger partial charge in [0.1, 0.15) is 11.1 Å². The fraction of sp³-hybridized carbons (Fsp3) is 0.417.